The standard InChI is InChI=1S/C13H11ClN2O4S/c1-15(7-8-5-6-11(14)21-8)12-9(13(17)18)3-2-4-10(12)16(19)20/h2-6H,7H2,1H3,(H,17,18). The van der Waals surface area contributed by atoms with Crippen LogP contribution in [0.5, 0.6) is 0 Å². The van der Waals surface area contributed by atoms with Crippen molar-refractivity contribution >= 4 is 40.3 Å². The highest BCUT2D eigenvalue weighted by Gasteiger charge is 2.24. The number of carboxylic acids is 1. The van der Waals surface area contributed by atoms with Crippen molar-refractivity contribution in [2.45, 2.75) is 6.54 Å². The molecule has 0 aliphatic heterocycles. The van der Waals surface area contributed by atoms with Crippen LogP contribution in [0.25, 0.3) is 0 Å². The zero-order valence-electron chi connectivity index (χ0n) is 10.9. The van der Waals surface area contributed by atoms with Gasteiger partial charge in [-0.25, -0.2) is 4.79 Å². The smallest absolute Gasteiger partial charge is 0.338 e. The molecule has 0 saturated heterocycles. The maximum Gasteiger partial charge on any atom is 0.338 e. The molecule has 1 aromatic heterocycles. The van der Waals surface area contributed by atoms with Crippen molar-refractivity contribution in [1.82, 2.24) is 0 Å². The Bertz CT molecular complexity index is 669. The average Bonchev–Trinajstić information content (AvgIpc) is 2.82. The minimum atomic E-state index is -1.20. The summed E-state index contributed by atoms with van der Waals surface area (Å²) in [5.41, 5.74) is -0.256. The van der Waals surface area contributed by atoms with Crippen molar-refractivity contribution in [1.29, 1.82) is 0 Å². The van der Waals surface area contributed by atoms with Gasteiger partial charge in [0.15, 0.2) is 0 Å². The third-order valence-electron chi connectivity index (χ3n) is 2.85. The van der Waals surface area contributed by atoms with Crippen LogP contribution >= 0.6 is 22.9 Å². The first kappa shape index (κ1) is 15.3. The molecule has 1 N–H and O–H groups in total. The molecule has 0 aliphatic rings. The van der Waals surface area contributed by atoms with Gasteiger partial charge in [-0.1, -0.05) is 17.7 Å². The molecule has 1 aromatic carbocycles. The van der Waals surface area contributed by atoms with Gasteiger partial charge in [0.25, 0.3) is 5.69 Å². The first-order valence-corrected chi connectivity index (χ1v) is 7.05. The summed E-state index contributed by atoms with van der Waals surface area (Å²) in [6, 6.07) is 7.54. The highest BCUT2D eigenvalue weighted by atomic mass is 35.5. The number of rotatable bonds is 5. The lowest BCUT2D eigenvalue weighted by Gasteiger charge is -2.20. The summed E-state index contributed by atoms with van der Waals surface area (Å²) in [5.74, 6) is -1.20. The quantitative estimate of drug-likeness (QED) is 0.669. The van der Waals surface area contributed by atoms with Crippen LogP contribution in [0.4, 0.5) is 11.4 Å². The number of anilines is 1. The summed E-state index contributed by atoms with van der Waals surface area (Å²) >= 11 is 7.20. The third kappa shape index (κ3) is 3.32. The van der Waals surface area contributed by atoms with E-state index in [9.17, 15) is 20.0 Å². The monoisotopic (exact) mass is 326 g/mol. The number of nitrogens with zero attached hydrogens (tertiary/aromatic N) is 2. The second-order valence-corrected chi connectivity index (χ2v) is 6.10. The summed E-state index contributed by atoms with van der Waals surface area (Å²) in [6.45, 7) is 0.336. The Hall–Kier alpha value is -2.12. The van der Waals surface area contributed by atoms with E-state index >= 15 is 0 Å². The highest BCUT2D eigenvalue weighted by molar-refractivity contribution is 7.16. The Morgan fingerprint density at radius 1 is 1.43 bits per heavy atom. The maximum atomic E-state index is 11.3. The lowest BCUT2D eigenvalue weighted by atomic mass is 10.1. The summed E-state index contributed by atoms with van der Waals surface area (Å²) in [6.07, 6.45) is 0. The fourth-order valence-electron chi connectivity index (χ4n) is 2.00. The second kappa shape index (κ2) is 6.11. The van der Waals surface area contributed by atoms with Gasteiger partial charge in [-0.3, -0.25) is 10.1 Å². The van der Waals surface area contributed by atoms with Crippen LogP contribution in [0.3, 0.4) is 0 Å². The number of aromatic carboxylic acids is 1. The van der Waals surface area contributed by atoms with Gasteiger partial charge in [-0.15, -0.1) is 11.3 Å². The maximum absolute atomic E-state index is 11.3. The topological polar surface area (TPSA) is 83.7 Å². The number of nitro benzene ring substituents is 1. The molecule has 8 heteroatoms. The zero-order valence-corrected chi connectivity index (χ0v) is 12.5. The molecule has 6 nitrogen and oxygen atoms in total. The number of para-hydroxylation sites is 1. The Morgan fingerprint density at radius 3 is 2.67 bits per heavy atom. The lowest BCUT2D eigenvalue weighted by molar-refractivity contribution is -0.384. The van der Waals surface area contributed by atoms with Gasteiger partial charge >= 0.3 is 5.97 Å². The molecule has 1 heterocycles. The lowest BCUT2D eigenvalue weighted by Crippen LogP contribution is -2.20. The van der Waals surface area contributed by atoms with Crippen molar-refractivity contribution in [3.63, 3.8) is 0 Å². The van der Waals surface area contributed by atoms with Gasteiger partial charge in [0.2, 0.25) is 0 Å². The molecule has 0 unspecified atom stereocenters. The van der Waals surface area contributed by atoms with Crippen LogP contribution in [0, 0.1) is 10.1 Å². The Labute approximate surface area is 129 Å². The molecular formula is C13H11ClN2O4S. The van der Waals surface area contributed by atoms with Gasteiger partial charge in [0, 0.05) is 18.0 Å². The number of carbonyl (C=O) groups is 1. The number of thiophene rings is 1. The minimum absolute atomic E-state index is 0.0829. The van der Waals surface area contributed by atoms with Crippen molar-refractivity contribution < 1.29 is 14.8 Å². The van der Waals surface area contributed by atoms with Crippen molar-refractivity contribution in [2.75, 3.05) is 11.9 Å². The van der Waals surface area contributed by atoms with E-state index in [0.29, 0.717) is 10.9 Å². The number of nitro groups is 1. The van der Waals surface area contributed by atoms with Crippen LogP contribution < -0.4 is 4.90 Å². The van der Waals surface area contributed by atoms with Crippen molar-refractivity contribution in [2.24, 2.45) is 0 Å². The predicted octanol–water partition coefficient (Wildman–Crippen LogP) is 3.64. The van der Waals surface area contributed by atoms with E-state index < -0.39 is 10.9 Å². The van der Waals surface area contributed by atoms with E-state index in [1.807, 2.05) is 0 Å². The Balaban J connectivity index is 2.44. The summed E-state index contributed by atoms with van der Waals surface area (Å²) in [5, 5.41) is 20.3. The van der Waals surface area contributed by atoms with E-state index in [-0.39, 0.29) is 16.9 Å². The minimum Gasteiger partial charge on any atom is -0.478 e. The van der Waals surface area contributed by atoms with Gasteiger partial charge in [0.1, 0.15) is 5.69 Å². The van der Waals surface area contributed by atoms with Crippen molar-refractivity contribution in [3.8, 4) is 0 Å². The van der Waals surface area contributed by atoms with Crippen LogP contribution in [-0.4, -0.2) is 23.0 Å². The van der Waals surface area contributed by atoms with Gasteiger partial charge in [-0.05, 0) is 18.2 Å². The first-order chi connectivity index (χ1) is 9.90. The number of hydrogen-bond acceptors (Lipinski definition) is 5. The van der Waals surface area contributed by atoms with E-state index in [4.69, 9.17) is 11.6 Å². The largest absolute Gasteiger partial charge is 0.478 e. The highest BCUT2D eigenvalue weighted by Crippen LogP contribution is 2.33. The molecule has 21 heavy (non-hydrogen) atoms. The fraction of sp³-hybridized carbons (Fsp3) is 0.154. The number of hydrogen-bond donors (Lipinski definition) is 1. The van der Waals surface area contributed by atoms with Crippen LogP contribution in [-0.2, 0) is 6.54 Å². The van der Waals surface area contributed by atoms with Crippen LogP contribution in [0.1, 0.15) is 15.2 Å². The Morgan fingerprint density at radius 2 is 2.14 bits per heavy atom. The fourth-order valence-corrected chi connectivity index (χ4v) is 3.14. The first-order valence-electron chi connectivity index (χ1n) is 5.86. The molecule has 0 amide bonds. The SMILES string of the molecule is CN(Cc1ccc(Cl)s1)c1c(C(=O)O)cccc1[N+](=O)[O-]. The summed E-state index contributed by atoms with van der Waals surface area (Å²) in [7, 11) is 1.61. The van der Waals surface area contributed by atoms with E-state index in [0.717, 1.165) is 4.88 Å². The molecule has 0 aliphatic carbocycles. The molecule has 0 fully saturated rings. The number of halogens is 1. The van der Waals surface area contributed by atoms with Gasteiger partial charge < -0.3 is 10.0 Å². The third-order valence-corrected chi connectivity index (χ3v) is 4.06. The normalized spacial score (nSPS) is 10.4. The molecular weight excluding hydrogens is 316 g/mol. The molecule has 2 aromatic rings. The van der Waals surface area contributed by atoms with E-state index in [1.165, 1.54) is 29.5 Å². The van der Waals surface area contributed by atoms with E-state index in [1.54, 1.807) is 24.1 Å². The molecule has 2 rings (SSSR count). The number of benzene rings is 1. The van der Waals surface area contributed by atoms with Gasteiger partial charge in [0.05, 0.1) is 21.4 Å². The molecule has 0 radical (unpaired) electrons. The summed E-state index contributed by atoms with van der Waals surface area (Å²) < 4.78 is 0.611. The molecule has 0 bridgehead atoms. The Kier molecular flexibility index (Phi) is 4.44. The number of carboxylic acid groups (broad SMARTS) is 1. The van der Waals surface area contributed by atoms with E-state index in [2.05, 4.69) is 0 Å². The van der Waals surface area contributed by atoms with Crippen molar-refractivity contribution in [3.05, 3.63) is 55.2 Å². The molecule has 0 atom stereocenters. The molecule has 0 spiro atoms. The molecule has 110 valence electrons. The van der Waals surface area contributed by atoms with Crippen LogP contribution in [0.2, 0.25) is 4.34 Å². The summed E-state index contributed by atoms with van der Waals surface area (Å²) in [4.78, 5) is 24.3. The van der Waals surface area contributed by atoms with Crippen LogP contribution in [0.15, 0.2) is 30.3 Å². The van der Waals surface area contributed by atoms with Gasteiger partial charge in [-0.2, -0.15) is 0 Å². The zero-order chi connectivity index (χ0) is 15.6. The average molecular weight is 327 g/mol. The second-order valence-electron chi connectivity index (χ2n) is 4.30. The molecule has 0 saturated carbocycles. The predicted molar refractivity (Wildman–Crippen MR) is 81.5 cm³/mol.